The highest BCUT2D eigenvalue weighted by molar-refractivity contribution is 5.39. The van der Waals surface area contributed by atoms with E-state index in [4.69, 9.17) is 5.73 Å². The summed E-state index contributed by atoms with van der Waals surface area (Å²) in [6.45, 7) is 4.40. The molecule has 1 aromatic rings. The molecule has 2 aliphatic rings. The fourth-order valence-corrected chi connectivity index (χ4v) is 3.08. The lowest BCUT2D eigenvalue weighted by molar-refractivity contribution is 0.187. The second kappa shape index (κ2) is 5.10. The molecule has 5 heteroatoms. The van der Waals surface area contributed by atoms with E-state index in [1.807, 2.05) is 0 Å². The third kappa shape index (κ3) is 2.41. The van der Waals surface area contributed by atoms with Gasteiger partial charge in [-0.1, -0.05) is 12.8 Å². The summed E-state index contributed by atoms with van der Waals surface area (Å²) in [5.74, 6) is 1.44. The van der Waals surface area contributed by atoms with Crippen molar-refractivity contribution in [3.63, 3.8) is 0 Å². The molecule has 0 unspecified atom stereocenters. The van der Waals surface area contributed by atoms with Gasteiger partial charge in [-0.15, -0.1) is 0 Å². The van der Waals surface area contributed by atoms with Gasteiger partial charge in [-0.05, 0) is 12.8 Å². The number of nitrogens with zero attached hydrogens (tertiary/aromatic N) is 4. The highest BCUT2D eigenvalue weighted by Crippen LogP contribution is 2.25. The van der Waals surface area contributed by atoms with Crippen molar-refractivity contribution in [3.05, 3.63) is 12.4 Å². The molecule has 2 heterocycles. The maximum Gasteiger partial charge on any atom is 0.147 e. The lowest BCUT2D eigenvalue weighted by Gasteiger charge is -2.38. The van der Waals surface area contributed by atoms with Crippen LogP contribution in [0.1, 0.15) is 25.7 Å². The second-order valence-electron chi connectivity index (χ2n) is 5.26. The van der Waals surface area contributed by atoms with Crippen molar-refractivity contribution in [2.24, 2.45) is 0 Å². The number of piperazine rings is 1. The van der Waals surface area contributed by atoms with E-state index in [1.54, 1.807) is 12.4 Å². The molecule has 0 bridgehead atoms. The summed E-state index contributed by atoms with van der Waals surface area (Å²) in [4.78, 5) is 13.4. The van der Waals surface area contributed by atoms with Crippen LogP contribution in [-0.2, 0) is 0 Å². The molecule has 1 aromatic heterocycles. The molecule has 0 spiro atoms. The second-order valence-corrected chi connectivity index (χ2v) is 5.26. The molecule has 0 aromatic carbocycles. The fourth-order valence-electron chi connectivity index (χ4n) is 3.08. The van der Waals surface area contributed by atoms with Gasteiger partial charge < -0.3 is 10.6 Å². The number of rotatable bonds is 2. The average molecular weight is 247 g/mol. The Morgan fingerprint density at radius 1 is 1.00 bits per heavy atom. The minimum Gasteiger partial charge on any atom is -0.382 e. The zero-order valence-corrected chi connectivity index (χ0v) is 10.8. The van der Waals surface area contributed by atoms with Gasteiger partial charge in [0.1, 0.15) is 11.6 Å². The van der Waals surface area contributed by atoms with Crippen LogP contribution in [0.2, 0.25) is 0 Å². The molecule has 1 saturated heterocycles. The van der Waals surface area contributed by atoms with E-state index < -0.39 is 0 Å². The quantitative estimate of drug-likeness (QED) is 0.849. The van der Waals surface area contributed by atoms with Crippen LogP contribution in [0.4, 0.5) is 11.6 Å². The third-order valence-electron chi connectivity index (χ3n) is 4.14. The molecular formula is C13H21N5. The molecule has 5 nitrogen and oxygen atoms in total. The zero-order chi connectivity index (χ0) is 12.4. The molecule has 2 fully saturated rings. The van der Waals surface area contributed by atoms with E-state index in [-0.39, 0.29) is 0 Å². The number of nitrogens with two attached hydrogens (primary N) is 1. The zero-order valence-electron chi connectivity index (χ0n) is 10.8. The summed E-state index contributed by atoms with van der Waals surface area (Å²) >= 11 is 0. The van der Waals surface area contributed by atoms with E-state index in [9.17, 15) is 0 Å². The standard InChI is InChI=1S/C13H21N5/c14-12-9-16-13(10-15-12)18-7-5-17(6-8-18)11-3-1-2-4-11/h9-11H,1-8H2,(H2,14,15). The van der Waals surface area contributed by atoms with Gasteiger partial charge in [-0.3, -0.25) is 4.90 Å². The Balaban J connectivity index is 1.57. The lowest BCUT2D eigenvalue weighted by Crippen LogP contribution is -2.50. The summed E-state index contributed by atoms with van der Waals surface area (Å²) in [6, 6.07) is 0.838. The van der Waals surface area contributed by atoms with Gasteiger partial charge in [0.05, 0.1) is 12.4 Å². The van der Waals surface area contributed by atoms with Gasteiger partial charge in [0.15, 0.2) is 0 Å². The molecule has 2 N–H and O–H groups in total. The summed E-state index contributed by atoms with van der Waals surface area (Å²) < 4.78 is 0. The Morgan fingerprint density at radius 2 is 1.72 bits per heavy atom. The lowest BCUT2D eigenvalue weighted by atomic mass is 10.2. The first kappa shape index (κ1) is 11.7. The molecular weight excluding hydrogens is 226 g/mol. The number of anilines is 2. The molecule has 1 aliphatic heterocycles. The maximum atomic E-state index is 5.56. The van der Waals surface area contributed by atoms with E-state index >= 15 is 0 Å². The molecule has 0 radical (unpaired) electrons. The van der Waals surface area contributed by atoms with Gasteiger partial charge in [0, 0.05) is 32.2 Å². The normalized spacial score (nSPS) is 22.6. The van der Waals surface area contributed by atoms with Gasteiger partial charge in [0.2, 0.25) is 0 Å². The number of nitrogen functional groups attached to an aromatic ring is 1. The van der Waals surface area contributed by atoms with E-state index in [1.165, 1.54) is 25.7 Å². The smallest absolute Gasteiger partial charge is 0.147 e. The van der Waals surface area contributed by atoms with Crippen LogP contribution < -0.4 is 10.6 Å². The van der Waals surface area contributed by atoms with Gasteiger partial charge >= 0.3 is 0 Å². The van der Waals surface area contributed by atoms with Crippen molar-refractivity contribution >= 4 is 11.6 Å². The Hall–Kier alpha value is -1.36. The van der Waals surface area contributed by atoms with Crippen LogP contribution in [0.25, 0.3) is 0 Å². The Morgan fingerprint density at radius 3 is 2.33 bits per heavy atom. The topological polar surface area (TPSA) is 58.3 Å². The molecule has 98 valence electrons. The SMILES string of the molecule is Nc1cnc(N2CCN(C3CCCC3)CC2)cn1. The molecule has 1 aliphatic carbocycles. The fraction of sp³-hybridized carbons (Fsp3) is 0.692. The van der Waals surface area contributed by atoms with Crippen LogP contribution in [0.15, 0.2) is 12.4 Å². The Labute approximate surface area is 108 Å². The first-order chi connectivity index (χ1) is 8.83. The van der Waals surface area contributed by atoms with E-state index in [0.717, 1.165) is 38.0 Å². The predicted molar refractivity (Wildman–Crippen MR) is 72.5 cm³/mol. The highest BCUT2D eigenvalue weighted by Gasteiger charge is 2.26. The highest BCUT2D eigenvalue weighted by atomic mass is 15.3. The Kier molecular flexibility index (Phi) is 3.32. The minimum atomic E-state index is 0.489. The van der Waals surface area contributed by atoms with Crippen LogP contribution in [-0.4, -0.2) is 47.1 Å². The first-order valence-electron chi connectivity index (χ1n) is 6.89. The monoisotopic (exact) mass is 247 g/mol. The maximum absolute atomic E-state index is 5.56. The van der Waals surface area contributed by atoms with Gasteiger partial charge in [0.25, 0.3) is 0 Å². The van der Waals surface area contributed by atoms with Crippen molar-refractivity contribution in [3.8, 4) is 0 Å². The van der Waals surface area contributed by atoms with Gasteiger partial charge in [-0.2, -0.15) is 0 Å². The van der Waals surface area contributed by atoms with Crippen molar-refractivity contribution < 1.29 is 0 Å². The molecule has 3 rings (SSSR count). The summed E-state index contributed by atoms with van der Waals surface area (Å²) in [7, 11) is 0. The largest absolute Gasteiger partial charge is 0.382 e. The molecule has 1 saturated carbocycles. The first-order valence-corrected chi connectivity index (χ1v) is 6.89. The Bertz CT molecular complexity index is 377. The molecule has 18 heavy (non-hydrogen) atoms. The van der Waals surface area contributed by atoms with Crippen molar-refractivity contribution in [2.45, 2.75) is 31.7 Å². The van der Waals surface area contributed by atoms with Crippen LogP contribution in [0.3, 0.4) is 0 Å². The number of aromatic nitrogens is 2. The third-order valence-corrected chi connectivity index (χ3v) is 4.14. The molecule has 0 atom stereocenters. The van der Waals surface area contributed by atoms with Crippen molar-refractivity contribution in [1.82, 2.24) is 14.9 Å². The summed E-state index contributed by atoms with van der Waals surface area (Å²) in [5.41, 5.74) is 5.56. The summed E-state index contributed by atoms with van der Waals surface area (Å²) in [6.07, 6.45) is 9.02. The summed E-state index contributed by atoms with van der Waals surface area (Å²) in [5, 5.41) is 0. The van der Waals surface area contributed by atoms with E-state index in [0.29, 0.717) is 5.82 Å². The predicted octanol–water partition coefficient (Wildman–Crippen LogP) is 1.12. The van der Waals surface area contributed by atoms with Gasteiger partial charge in [-0.25, -0.2) is 9.97 Å². The average Bonchev–Trinajstić information content (AvgIpc) is 2.94. The van der Waals surface area contributed by atoms with Crippen molar-refractivity contribution in [1.29, 1.82) is 0 Å². The van der Waals surface area contributed by atoms with E-state index in [2.05, 4.69) is 19.8 Å². The molecule has 0 amide bonds. The van der Waals surface area contributed by atoms with Crippen LogP contribution in [0, 0.1) is 0 Å². The number of hydrogen-bond donors (Lipinski definition) is 1. The van der Waals surface area contributed by atoms with Crippen LogP contribution in [0.5, 0.6) is 0 Å². The van der Waals surface area contributed by atoms with Crippen LogP contribution >= 0.6 is 0 Å². The number of hydrogen-bond acceptors (Lipinski definition) is 5. The minimum absolute atomic E-state index is 0.489. The van der Waals surface area contributed by atoms with Crippen molar-refractivity contribution in [2.75, 3.05) is 36.8 Å².